The van der Waals surface area contributed by atoms with Crippen molar-refractivity contribution in [2.75, 3.05) is 25.5 Å². The van der Waals surface area contributed by atoms with Crippen LogP contribution in [0.15, 0.2) is 42.7 Å². The van der Waals surface area contributed by atoms with Gasteiger partial charge in [0.2, 0.25) is 0 Å². The highest BCUT2D eigenvalue weighted by molar-refractivity contribution is 5.39. The Hall–Kier alpha value is -2.07. The third kappa shape index (κ3) is 3.77. The molecule has 22 heavy (non-hydrogen) atoms. The maximum atomic E-state index is 5.33. The van der Waals surface area contributed by atoms with Gasteiger partial charge in [-0.15, -0.1) is 0 Å². The number of nitrogens with one attached hydrogen (secondary N) is 2. The van der Waals surface area contributed by atoms with Gasteiger partial charge in [-0.25, -0.2) is 0 Å². The maximum absolute atomic E-state index is 5.33. The molecule has 1 aliphatic carbocycles. The minimum atomic E-state index is 0.551. The zero-order chi connectivity index (χ0) is 15.2. The average Bonchev–Trinajstić information content (AvgIpc) is 2.59. The summed E-state index contributed by atoms with van der Waals surface area (Å²) in [5.74, 6) is 0.956. The standard InChI is InChI=1S/C18H23N3O/c1-22-18-7-5-14-4-6-16(11-15(14)12-18)20-9-10-21-17-3-2-8-19-13-17/h2-3,5,7-8,12-13,16,20-21H,4,6,9-11H2,1H3/t16-/m0/s1. The number of aryl methyl sites for hydroxylation is 1. The Bertz CT molecular complexity index is 601. The van der Waals surface area contributed by atoms with Gasteiger partial charge in [-0.05, 0) is 54.7 Å². The molecule has 1 aliphatic rings. The Labute approximate surface area is 131 Å². The molecule has 4 heteroatoms. The van der Waals surface area contributed by atoms with E-state index in [1.165, 1.54) is 17.5 Å². The molecule has 0 radical (unpaired) electrons. The fourth-order valence-corrected chi connectivity index (χ4v) is 2.99. The number of anilines is 1. The van der Waals surface area contributed by atoms with Crippen molar-refractivity contribution in [3.8, 4) is 5.75 Å². The first-order valence-electron chi connectivity index (χ1n) is 7.88. The monoisotopic (exact) mass is 297 g/mol. The molecular weight excluding hydrogens is 274 g/mol. The summed E-state index contributed by atoms with van der Waals surface area (Å²) in [5, 5.41) is 7.02. The molecule has 3 rings (SSSR count). The number of rotatable bonds is 6. The van der Waals surface area contributed by atoms with Crippen LogP contribution in [-0.4, -0.2) is 31.2 Å². The van der Waals surface area contributed by atoms with Gasteiger partial charge in [0, 0.05) is 31.5 Å². The summed E-state index contributed by atoms with van der Waals surface area (Å²) >= 11 is 0. The van der Waals surface area contributed by atoms with Gasteiger partial charge in [0.15, 0.2) is 0 Å². The minimum absolute atomic E-state index is 0.551. The normalized spacial score (nSPS) is 16.9. The number of fused-ring (bicyclic) bond motifs is 1. The van der Waals surface area contributed by atoms with Crippen LogP contribution in [0.25, 0.3) is 0 Å². The van der Waals surface area contributed by atoms with Crippen LogP contribution in [0.5, 0.6) is 5.75 Å². The quantitative estimate of drug-likeness (QED) is 0.805. The summed E-state index contributed by atoms with van der Waals surface area (Å²) < 4.78 is 5.33. The van der Waals surface area contributed by atoms with Crippen molar-refractivity contribution in [2.45, 2.75) is 25.3 Å². The predicted molar refractivity (Wildman–Crippen MR) is 89.5 cm³/mol. The first-order valence-corrected chi connectivity index (χ1v) is 7.88. The molecule has 1 aromatic heterocycles. The number of pyridine rings is 1. The second-order valence-electron chi connectivity index (χ2n) is 5.70. The second-order valence-corrected chi connectivity index (χ2v) is 5.70. The van der Waals surface area contributed by atoms with E-state index in [-0.39, 0.29) is 0 Å². The van der Waals surface area contributed by atoms with E-state index in [2.05, 4.69) is 33.8 Å². The average molecular weight is 297 g/mol. The van der Waals surface area contributed by atoms with E-state index in [9.17, 15) is 0 Å². The molecule has 0 saturated carbocycles. The molecule has 0 amide bonds. The van der Waals surface area contributed by atoms with Crippen LogP contribution in [0.1, 0.15) is 17.5 Å². The number of benzene rings is 1. The van der Waals surface area contributed by atoms with Crippen LogP contribution in [-0.2, 0) is 12.8 Å². The SMILES string of the molecule is COc1ccc2c(c1)C[C@@H](NCCNc1cccnc1)CC2. The summed E-state index contributed by atoms with van der Waals surface area (Å²) in [6.45, 7) is 1.87. The Kier molecular flexibility index (Phi) is 4.91. The second kappa shape index (κ2) is 7.27. The lowest BCUT2D eigenvalue weighted by Crippen LogP contribution is -2.37. The van der Waals surface area contributed by atoms with E-state index < -0.39 is 0 Å². The topological polar surface area (TPSA) is 46.2 Å². The summed E-state index contributed by atoms with van der Waals surface area (Å²) in [4.78, 5) is 4.10. The van der Waals surface area contributed by atoms with Gasteiger partial charge >= 0.3 is 0 Å². The Morgan fingerprint density at radius 3 is 3.00 bits per heavy atom. The smallest absolute Gasteiger partial charge is 0.119 e. The van der Waals surface area contributed by atoms with E-state index in [0.29, 0.717) is 6.04 Å². The fraction of sp³-hybridized carbons (Fsp3) is 0.389. The number of aromatic nitrogens is 1. The van der Waals surface area contributed by atoms with E-state index >= 15 is 0 Å². The number of ether oxygens (including phenoxy) is 1. The number of nitrogens with zero attached hydrogens (tertiary/aromatic N) is 1. The van der Waals surface area contributed by atoms with Crippen LogP contribution in [0.4, 0.5) is 5.69 Å². The van der Waals surface area contributed by atoms with Crippen molar-refractivity contribution in [3.05, 3.63) is 53.9 Å². The molecule has 2 aromatic rings. The molecule has 0 bridgehead atoms. The van der Waals surface area contributed by atoms with Gasteiger partial charge in [0.25, 0.3) is 0 Å². The lowest BCUT2D eigenvalue weighted by atomic mass is 9.88. The number of methoxy groups -OCH3 is 1. The molecule has 0 unspecified atom stereocenters. The zero-order valence-electron chi connectivity index (χ0n) is 13.0. The van der Waals surface area contributed by atoms with Crippen LogP contribution in [0.3, 0.4) is 0 Å². The van der Waals surface area contributed by atoms with Gasteiger partial charge in [0.05, 0.1) is 12.8 Å². The number of hydrogen-bond acceptors (Lipinski definition) is 4. The number of hydrogen-bond donors (Lipinski definition) is 2. The van der Waals surface area contributed by atoms with Crippen LogP contribution >= 0.6 is 0 Å². The van der Waals surface area contributed by atoms with Crippen molar-refractivity contribution >= 4 is 5.69 Å². The zero-order valence-corrected chi connectivity index (χ0v) is 13.0. The Balaban J connectivity index is 1.46. The van der Waals surface area contributed by atoms with Gasteiger partial charge in [0.1, 0.15) is 5.75 Å². The van der Waals surface area contributed by atoms with Crippen molar-refractivity contribution in [2.24, 2.45) is 0 Å². The summed E-state index contributed by atoms with van der Waals surface area (Å²) in [6, 6.07) is 11.0. The molecule has 1 heterocycles. The third-order valence-electron chi connectivity index (χ3n) is 4.19. The minimum Gasteiger partial charge on any atom is -0.497 e. The molecule has 116 valence electrons. The lowest BCUT2D eigenvalue weighted by Gasteiger charge is -2.26. The molecule has 2 N–H and O–H groups in total. The van der Waals surface area contributed by atoms with E-state index in [1.807, 2.05) is 18.3 Å². The first-order chi connectivity index (χ1) is 10.8. The first kappa shape index (κ1) is 14.9. The van der Waals surface area contributed by atoms with Crippen LogP contribution < -0.4 is 15.4 Å². The van der Waals surface area contributed by atoms with Crippen molar-refractivity contribution in [1.29, 1.82) is 0 Å². The molecule has 0 fully saturated rings. The molecule has 4 nitrogen and oxygen atoms in total. The predicted octanol–water partition coefficient (Wildman–Crippen LogP) is 2.65. The van der Waals surface area contributed by atoms with E-state index in [4.69, 9.17) is 4.74 Å². The lowest BCUT2D eigenvalue weighted by molar-refractivity contribution is 0.411. The molecule has 1 aromatic carbocycles. The third-order valence-corrected chi connectivity index (χ3v) is 4.19. The van der Waals surface area contributed by atoms with Gasteiger partial charge < -0.3 is 15.4 Å². The molecular formula is C18H23N3O. The summed E-state index contributed by atoms with van der Waals surface area (Å²) in [5.41, 5.74) is 3.96. The Morgan fingerprint density at radius 1 is 1.23 bits per heavy atom. The summed E-state index contributed by atoms with van der Waals surface area (Å²) in [6.07, 6.45) is 7.07. The van der Waals surface area contributed by atoms with Crippen molar-refractivity contribution < 1.29 is 4.74 Å². The highest BCUT2D eigenvalue weighted by Crippen LogP contribution is 2.25. The van der Waals surface area contributed by atoms with Gasteiger partial charge in [-0.2, -0.15) is 0 Å². The summed E-state index contributed by atoms with van der Waals surface area (Å²) in [7, 11) is 1.73. The maximum Gasteiger partial charge on any atom is 0.119 e. The van der Waals surface area contributed by atoms with E-state index in [1.54, 1.807) is 13.3 Å². The van der Waals surface area contributed by atoms with Crippen molar-refractivity contribution in [3.63, 3.8) is 0 Å². The Morgan fingerprint density at radius 2 is 2.18 bits per heavy atom. The van der Waals surface area contributed by atoms with Gasteiger partial charge in [-0.1, -0.05) is 6.07 Å². The van der Waals surface area contributed by atoms with E-state index in [0.717, 1.165) is 37.4 Å². The van der Waals surface area contributed by atoms with Crippen molar-refractivity contribution in [1.82, 2.24) is 10.3 Å². The largest absolute Gasteiger partial charge is 0.497 e. The van der Waals surface area contributed by atoms with Crippen LogP contribution in [0.2, 0.25) is 0 Å². The highest BCUT2D eigenvalue weighted by atomic mass is 16.5. The molecule has 0 saturated heterocycles. The molecule has 0 aliphatic heterocycles. The van der Waals surface area contributed by atoms with Gasteiger partial charge in [-0.3, -0.25) is 4.98 Å². The highest BCUT2D eigenvalue weighted by Gasteiger charge is 2.18. The van der Waals surface area contributed by atoms with Crippen LogP contribution in [0, 0.1) is 0 Å². The fourth-order valence-electron chi connectivity index (χ4n) is 2.99. The molecule has 1 atom stereocenters. The molecule has 0 spiro atoms.